The molecular weight excluding hydrogens is 214 g/mol. The van der Waals surface area contributed by atoms with Gasteiger partial charge in [0.15, 0.2) is 0 Å². The monoisotopic (exact) mass is 229 g/mol. The largest absolute Gasteiger partial charge is 0.497 e. The maximum Gasteiger partial charge on any atom is 0.118 e. The number of benzene rings is 1. The predicted octanol–water partition coefficient (Wildman–Crippen LogP) is 2.29. The van der Waals surface area contributed by atoms with E-state index >= 15 is 0 Å². The van der Waals surface area contributed by atoms with Gasteiger partial charge in [0, 0.05) is 30.5 Å². The summed E-state index contributed by atoms with van der Waals surface area (Å²) < 4.78 is 5.11. The van der Waals surface area contributed by atoms with Crippen LogP contribution in [0, 0.1) is 0 Å². The minimum atomic E-state index is 0.134. The smallest absolute Gasteiger partial charge is 0.118 e. The fourth-order valence-electron chi connectivity index (χ4n) is 1.64. The van der Waals surface area contributed by atoms with Gasteiger partial charge >= 0.3 is 0 Å². The number of aromatic nitrogens is 1. The Labute approximate surface area is 101 Å². The molecule has 17 heavy (non-hydrogen) atoms. The van der Waals surface area contributed by atoms with E-state index in [1.807, 2.05) is 42.6 Å². The summed E-state index contributed by atoms with van der Waals surface area (Å²) in [7, 11) is 1.65. The van der Waals surface area contributed by atoms with Crippen LogP contribution in [0.5, 0.6) is 5.75 Å². The summed E-state index contributed by atoms with van der Waals surface area (Å²) >= 11 is 0. The lowest BCUT2D eigenvalue weighted by Gasteiger charge is -2.04. The summed E-state index contributed by atoms with van der Waals surface area (Å²) in [5.74, 6) is 0.846. The Balaban J connectivity index is 2.20. The quantitative estimate of drug-likeness (QED) is 0.874. The van der Waals surface area contributed by atoms with Gasteiger partial charge in [-0.1, -0.05) is 18.2 Å². The van der Waals surface area contributed by atoms with E-state index in [0.717, 1.165) is 22.6 Å². The molecule has 3 nitrogen and oxygen atoms in total. The van der Waals surface area contributed by atoms with Gasteiger partial charge < -0.3 is 9.84 Å². The van der Waals surface area contributed by atoms with Crippen molar-refractivity contribution in [1.82, 2.24) is 4.98 Å². The van der Waals surface area contributed by atoms with Crippen molar-refractivity contribution in [3.8, 4) is 16.9 Å². The number of ether oxygens (including phenoxy) is 1. The molecule has 1 heterocycles. The van der Waals surface area contributed by atoms with Crippen molar-refractivity contribution in [2.24, 2.45) is 0 Å². The Morgan fingerprint density at radius 1 is 1.06 bits per heavy atom. The van der Waals surface area contributed by atoms with Gasteiger partial charge in [0.1, 0.15) is 5.75 Å². The number of nitrogens with zero attached hydrogens (tertiary/aromatic N) is 1. The maximum atomic E-state index is 8.81. The Kier molecular flexibility index (Phi) is 3.73. The molecule has 0 bridgehead atoms. The molecule has 88 valence electrons. The van der Waals surface area contributed by atoms with Gasteiger partial charge in [-0.05, 0) is 23.8 Å². The summed E-state index contributed by atoms with van der Waals surface area (Å²) in [6.07, 6.45) is 2.43. The number of hydrogen-bond acceptors (Lipinski definition) is 3. The van der Waals surface area contributed by atoms with Crippen LogP contribution in [0.25, 0.3) is 11.1 Å². The number of aliphatic hydroxyl groups is 1. The standard InChI is InChI=1S/C14H15NO2/c1-17-14-6-3-11(4-7-14)12-2-5-13(8-9-16)15-10-12/h2-7,10,16H,8-9H2,1H3. The molecule has 0 aliphatic carbocycles. The Bertz CT molecular complexity index is 463. The van der Waals surface area contributed by atoms with E-state index in [9.17, 15) is 0 Å². The third kappa shape index (κ3) is 2.82. The second-order valence-electron chi connectivity index (χ2n) is 3.74. The first-order chi connectivity index (χ1) is 8.33. The predicted molar refractivity (Wildman–Crippen MR) is 67.0 cm³/mol. The third-order valence-corrected chi connectivity index (χ3v) is 2.62. The van der Waals surface area contributed by atoms with Crippen molar-refractivity contribution in [2.75, 3.05) is 13.7 Å². The van der Waals surface area contributed by atoms with Crippen LogP contribution in [0.2, 0.25) is 0 Å². The molecule has 0 saturated carbocycles. The van der Waals surface area contributed by atoms with E-state index in [2.05, 4.69) is 4.98 Å². The normalized spacial score (nSPS) is 10.2. The molecule has 1 aromatic carbocycles. The molecule has 0 amide bonds. The van der Waals surface area contributed by atoms with Crippen LogP contribution >= 0.6 is 0 Å². The lowest BCUT2D eigenvalue weighted by molar-refractivity contribution is 0.298. The number of pyridine rings is 1. The van der Waals surface area contributed by atoms with Crippen LogP contribution in [-0.4, -0.2) is 23.8 Å². The minimum absolute atomic E-state index is 0.134. The molecule has 0 fully saturated rings. The Morgan fingerprint density at radius 3 is 2.29 bits per heavy atom. The van der Waals surface area contributed by atoms with Crippen LogP contribution in [0.3, 0.4) is 0 Å². The molecule has 0 saturated heterocycles. The molecule has 3 heteroatoms. The molecule has 1 N–H and O–H groups in total. The number of aliphatic hydroxyl groups excluding tert-OH is 1. The van der Waals surface area contributed by atoms with Crippen LogP contribution < -0.4 is 4.74 Å². The fourth-order valence-corrected chi connectivity index (χ4v) is 1.64. The van der Waals surface area contributed by atoms with Gasteiger partial charge in [-0.2, -0.15) is 0 Å². The van der Waals surface area contributed by atoms with Crippen molar-refractivity contribution < 1.29 is 9.84 Å². The van der Waals surface area contributed by atoms with Gasteiger partial charge in [-0.15, -0.1) is 0 Å². The van der Waals surface area contributed by atoms with Crippen molar-refractivity contribution in [3.63, 3.8) is 0 Å². The average Bonchev–Trinajstić information content (AvgIpc) is 2.40. The van der Waals surface area contributed by atoms with Gasteiger partial charge in [0.05, 0.1) is 7.11 Å². The highest BCUT2D eigenvalue weighted by atomic mass is 16.5. The van der Waals surface area contributed by atoms with Gasteiger partial charge in [0.2, 0.25) is 0 Å². The average molecular weight is 229 g/mol. The molecule has 0 aliphatic rings. The third-order valence-electron chi connectivity index (χ3n) is 2.62. The van der Waals surface area contributed by atoms with E-state index in [4.69, 9.17) is 9.84 Å². The zero-order chi connectivity index (χ0) is 12.1. The molecule has 0 radical (unpaired) electrons. The molecule has 2 aromatic rings. The lowest BCUT2D eigenvalue weighted by Crippen LogP contribution is -1.93. The lowest BCUT2D eigenvalue weighted by atomic mass is 10.1. The molecule has 1 aromatic heterocycles. The summed E-state index contributed by atoms with van der Waals surface area (Å²) in [6.45, 7) is 0.134. The first-order valence-corrected chi connectivity index (χ1v) is 5.53. The summed E-state index contributed by atoms with van der Waals surface area (Å²) in [5, 5.41) is 8.81. The van der Waals surface area contributed by atoms with E-state index in [0.29, 0.717) is 6.42 Å². The van der Waals surface area contributed by atoms with Crippen molar-refractivity contribution in [2.45, 2.75) is 6.42 Å². The summed E-state index contributed by atoms with van der Waals surface area (Å²) in [6, 6.07) is 11.8. The summed E-state index contributed by atoms with van der Waals surface area (Å²) in [4.78, 5) is 4.30. The van der Waals surface area contributed by atoms with Gasteiger partial charge in [-0.3, -0.25) is 4.98 Å². The molecule has 0 aliphatic heterocycles. The van der Waals surface area contributed by atoms with Crippen molar-refractivity contribution in [3.05, 3.63) is 48.3 Å². The van der Waals surface area contributed by atoms with Crippen molar-refractivity contribution >= 4 is 0 Å². The molecule has 0 spiro atoms. The van der Waals surface area contributed by atoms with Crippen LogP contribution in [-0.2, 0) is 6.42 Å². The molecule has 0 atom stereocenters. The number of methoxy groups -OCH3 is 1. The fraction of sp³-hybridized carbons (Fsp3) is 0.214. The zero-order valence-electron chi connectivity index (χ0n) is 9.76. The maximum absolute atomic E-state index is 8.81. The first-order valence-electron chi connectivity index (χ1n) is 5.53. The Hall–Kier alpha value is -1.87. The highest BCUT2D eigenvalue weighted by Gasteiger charge is 1.99. The Morgan fingerprint density at radius 2 is 1.76 bits per heavy atom. The number of rotatable bonds is 4. The molecular formula is C14H15NO2. The second-order valence-corrected chi connectivity index (χ2v) is 3.74. The molecule has 2 rings (SSSR count). The van der Waals surface area contributed by atoms with Gasteiger partial charge in [-0.25, -0.2) is 0 Å². The van der Waals surface area contributed by atoms with E-state index in [-0.39, 0.29) is 6.61 Å². The van der Waals surface area contributed by atoms with Crippen LogP contribution in [0.1, 0.15) is 5.69 Å². The highest BCUT2D eigenvalue weighted by Crippen LogP contribution is 2.21. The first kappa shape index (κ1) is 11.6. The van der Waals surface area contributed by atoms with Crippen LogP contribution in [0.15, 0.2) is 42.6 Å². The van der Waals surface area contributed by atoms with E-state index < -0.39 is 0 Å². The van der Waals surface area contributed by atoms with Gasteiger partial charge in [0.25, 0.3) is 0 Å². The van der Waals surface area contributed by atoms with E-state index in [1.165, 1.54) is 0 Å². The zero-order valence-corrected chi connectivity index (χ0v) is 9.76. The van der Waals surface area contributed by atoms with E-state index in [1.54, 1.807) is 7.11 Å². The SMILES string of the molecule is COc1ccc(-c2ccc(CCO)nc2)cc1. The molecule has 0 unspecified atom stereocenters. The number of hydrogen-bond donors (Lipinski definition) is 1. The van der Waals surface area contributed by atoms with Crippen LogP contribution in [0.4, 0.5) is 0 Å². The highest BCUT2D eigenvalue weighted by molar-refractivity contribution is 5.63. The minimum Gasteiger partial charge on any atom is -0.497 e. The topological polar surface area (TPSA) is 42.4 Å². The second kappa shape index (κ2) is 5.46. The van der Waals surface area contributed by atoms with Crippen molar-refractivity contribution in [1.29, 1.82) is 0 Å². The summed E-state index contributed by atoms with van der Waals surface area (Å²) in [5.41, 5.74) is 3.08.